The standard InChI is InChI=1S/C16H21FN5O11P/c1-2-31-14(27)16(3-7(23)24,34(28,29)30)32-4-6-9(25)10(26)13(33-6)22-5-19-8-11(18)20-15(17)21-12(8)22/h5-6,9-10,13,25-26H,2-4H2,1H3,(H,23,24)(H2,18,20,21)(H2,28,29,30)/t6?,9-,10-,13-,16-/m1/s1. The van der Waals surface area contributed by atoms with E-state index < -0.39 is 68.5 Å². The average molecular weight is 509 g/mol. The number of nitrogen functional groups attached to an aromatic ring is 1. The van der Waals surface area contributed by atoms with Crippen LogP contribution in [0.25, 0.3) is 11.2 Å². The van der Waals surface area contributed by atoms with Crippen molar-refractivity contribution in [3.8, 4) is 0 Å². The third-order valence-electron chi connectivity index (χ3n) is 4.97. The van der Waals surface area contributed by atoms with Gasteiger partial charge in [-0.3, -0.25) is 13.9 Å². The number of carbonyl (C=O) groups excluding carboxylic acids is 1. The quantitative estimate of drug-likeness (QED) is 0.123. The molecule has 0 aliphatic carbocycles. The van der Waals surface area contributed by atoms with Gasteiger partial charge in [-0.2, -0.15) is 14.4 Å². The number of ether oxygens (including phenoxy) is 3. The Labute approximate surface area is 189 Å². The Morgan fingerprint density at radius 2 is 2.00 bits per heavy atom. The molecule has 0 radical (unpaired) electrons. The van der Waals surface area contributed by atoms with E-state index in [9.17, 15) is 38.5 Å². The number of nitrogens with two attached hydrogens (primary N) is 1. The Morgan fingerprint density at radius 1 is 1.32 bits per heavy atom. The Morgan fingerprint density at radius 3 is 2.59 bits per heavy atom. The molecule has 0 spiro atoms. The third kappa shape index (κ3) is 4.58. The Bertz CT molecular complexity index is 1140. The van der Waals surface area contributed by atoms with E-state index in [1.807, 2.05) is 0 Å². The second kappa shape index (κ2) is 9.46. The van der Waals surface area contributed by atoms with E-state index in [1.165, 1.54) is 6.92 Å². The highest BCUT2D eigenvalue weighted by Gasteiger charge is 2.59. The van der Waals surface area contributed by atoms with Gasteiger partial charge in [0.1, 0.15) is 18.3 Å². The van der Waals surface area contributed by atoms with Crippen molar-refractivity contribution < 1.29 is 57.9 Å². The first-order chi connectivity index (χ1) is 15.8. The number of hydrogen-bond donors (Lipinski definition) is 6. The predicted octanol–water partition coefficient (Wildman–Crippen LogP) is -1.90. The van der Waals surface area contributed by atoms with Gasteiger partial charge in [0.2, 0.25) is 0 Å². The number of aliphatic hydroxyl groups excluding tert-OH is 2. The summed E-state index contributed by atoms with van der Waals surface area (Å²) in [6.45, 7) is 0.0225. The van der Waals surface area contributed by atoms with Crippen LogP contribution in [0.5, 0.6) is 0 Å². The van der Waals surface area contributed by atoms with Crippen LogP contribution in [0.2, 0.25) is 0 Å². The van der Waals surface area contributed by atoms with Crippen LogP contribution in [-0.4, -0.2) is 93.4 Å². The molecule has 3 heterocycles. The first kappa shape index (κ1) is 25.8. The number of rotatable bonds is 9. The second-order valence-corrected chi connectivity index (χ2v) is 8.99. The Kier molecular flexibility index (Phi) is 7.18. The van der Waals surface area contributed by atoms with Gasteiger partial charge in [0.25, 0.3) is 5.34 Å². The van der Waals surface area contributed by atoms with Gasteiger partial charge in [-0.15, -0.1) is 0 Å². The molecule has 0 aromatic carbocycles. The molecule has 1 aliphatic rings. The van der Waals surface area contributed by atoms with Crippen LogP contribution in [0.3, 0.4) is 0 Å². The number of halogens is 1. The maximum absolute atomic E-state index is 13.6. The molecule has 0 bridgehead atoms. The van der Waals surface area contributed by atoms with Crippen molar-refractivity contribution in [2.75, 3.05) is 18.9 Å². The topological polar surface area (TPSA) is 250 Å². The van der Waals surface area contributed by atoms with Gasteiger partial charge in [0.05, 0.1) is 26.0 Å². The lowest BCUT2D eigenvalue weighted by molar-refractivity contribution is -0.174. The minimum atomic E-state index is -5.61. The van der Waals surface area contributed by atoms with Crippen molar-refractivity contribution in [2.45, 2.75) is 43.2 Å². The molecule has 7 N–H and O–H groups in total. The van der Waals surface area contributed by atoms with E-state index in [4.69, 9.17) is 20.3 Å². The van der Waals surface area contributed by atoms with Crippen molar-refractivity contribution in [1.82, 2.24) is 19.5 Å². The van der Waals surface area contributed by atoms with E-state index in [2.05, 4.69) is 19.7 Å². The fourth-order valence-electron chi connectivity index (χ4n) is 3.35. The van der Waals surface area contributed by atoms with E-state index in [-0.39, 0.29) is 23.6 Å². The summed E-state index contributed by atoms with van der Waals surface area (Å²) in [5.41, 5.74) is 5.36. The van der Waals surface area contributed by atoms with Crippen molar-refractivity contribution in [3.63, 3.8) is 0 Å². The van der Waals surface area contributed by atoms with Crippen molar-refractivity contribution in [2.24, 2.45) is 0 Å². The summed E-state index contributed by atoms with van der Waals surface area (Å²) in [6, 6.07) is 0. The summed E-state index contributed by atoms with van der Waals surface area (Å²) in [5.74, 6) is -3.73. The van der Waals surface area contributed by atoms with Gasteiger partial charge >= 0.3 is 25.6 Å². The molecule has 5 atom stereocenters. The number of aliphatic hydroxyl groups is 2. The summed E-state index contributed by atoms with van der Waals surface area (Å²) in [5, 5.41) is 26.7. The van der Waals surface area contributed by atoms with Gasteiger partial charge < -0.3 is 45.1 Å². The first-order valence-corrected chi connectivity index (χ1v) is 11.2. The van der Waals surface area contributed by atoms with Crippen LogP contribution in [0, 0.1) is 6.08 Å². The molecular formula is C16H21FN5O11P. The van der Waals surface area contributed by atoms with Crippen LogP contribution in [-0.2, 0) is 28.4 Å². The highest BCUT2D eigenvalue weighted by Crippen LogP contribution is 2.54. The van der Waals surface area contributed by atoms with Crippen LogP contribution >= 0.6 is 7.60 Å². The van der Waals surface area contributed by atoms with Crippen molar-refractivity contribution >= 4 is 36.5 Å². The molecule has 3 rings (SSSR count). The lowest BCUT2D eigenvalue weighted by atomic mass is 10.1. The lowest BCUT2D eigenvalue weighted by Gasteiger charge is -2.31. The van der Waals surface area contributed by atoms with E-state index in [0.717, 1.165) is 10.9 Å². The van der Waals surface area contributed by atoms with Crippen LogP contribution in [0.1, 0.15) is 19.6 Å². The zero-order chi connectivity index (χ0) is 25.4. The molecule has 34 heavy (non-hydrogen) atoms. The number of imidazole rings is 1. The maximum atomic E-state index is 13.6. The number of esters is 1. The number of nitrogens with zero attached hydrogens (tertiary/aromatic N) is 4. The summed E-state index contributed by atoms with van der Waals surface area (Å²) < 4.78 is 41.9. The monoisotopic (exact) mass is 509 g/mol. The van der Waals surface area contributed by atoms with Crippen LogP contribution in [0.15, 0.2) is 6.33 Å². The van der Waals surface area contributed by atoms with Crippen molar-refractivity contribution in [1.29, 1.82) is 0 Å². The van der Waals surface area contributed by atoms with Crippen LogP contribution in [0.4, 0.5) is 10.2 Å². The molecule has 188 valence electrons. The molecule has 16 nitrogen and oxygen atoms in total. The highest BCUT2D eigenvalue weighted by molar-refractivity contribution is 7.54. The normalized spacial score (nSPS) is 24.8. The summed E-state index contributed by atoms with van der Waals surface area (Å²) in [6.07, 6.45) is -8.04. The molecule has 2 aromatic rings. The minimum Gasteiger partial charge on any atom is -0.481 e. The van der Waals surface area contributed by atoms with Crippen LogP contribution < -0.4 is 5.73 Å². The second-order valence-electron chi connectivity index (χ2n) is 7.18. The number of carboxylic acid groups (broad SMARTS) is 1. The summed E-state index contributed by atoms with van der Waals surface area (Å²) >= 11 is 0. The molecule has 1 unspecified atom stereocenters. The van der Waals surface area contributed by atoms with E-state index >= 15 is 0 Å². The largest absolute Gasteiger partial charge is 0.481 e. The molecular weight excluding hydrogens is 488 g/mol. The number of anilines is 1. The fourth-order valence-corrected chi connectivity index (χ4v) is 4.24. The zero-order valence-corrected chi connectivity index (χ0v) is 18.3. The smallest absolute Gasteiger partial charge is 0.369 e. The molecule has 1 saturated heterocycles. The van der Waals surface area contributed by atoms with E-state index in [1.54, 1.807) is 0 Å². The number of hydrogen-bond acceptors (Lipinski definition) is 12. The summed E-state index contributed by atoms with van der Waals surface area (Å²) in [4.78, 5) is 53.8. The number of aliphatic carboxylic acids is 1. The molecule has 0 amide bonds. The van der Waals surface area contributed by atoms with Gasteiger partial charge in [0.15, 0.2) is 23.2 Å². The van der Waals surface area contributed by atoms with Gasteiger partial charge in [-0.25, -0.2) is 9.78 Å². The molecule has 18 heteroatoms. The lowest BCUT2D eigenvalue weighted by Crippen LogP contribution is -2.47. The fraction of sp³-hybridized carbons (Fsp3) is 0.562. The van der Waals surface area contributed by atoms with Gasteiger partial charge in [-0.05, 0) is 6.92 Å². The number of carbonyl (C=O) groups is 2. The average Bonchev–Trinajstić information content (AvgIpc) is 3.26. The molecule has 0 saturated carbocycles. The predicted molar refractivity (Wildman–Crippen MR) is 105 cm³/mol. The molecule has 2 aromatic heterocycles. The number of fused-ring (bicyclic) bond motifs is 1. The van der Waals surface area contributed by atoms with E-state index in [0.29, 0.717) is 0 Å². The number of aromatic nitrogens is 4. The maximum Gasteiger partial charge on any atom is 0.369 e. The minimum absolute atomic E-state index is 0.0318. The van der Waals surface area contributed by atoms with Crippen molar-refractivity contribution in [3.05, 3.63) is 12.4 Å². The summed E-state index contributed by atoms with van der Waals surface area (Å²) in [7, 11) is -5.61. The number of carboxylic acids is 1. The molecule has 1 fully saturated rings. The molecule has 1 aliphatic heterocycles. The first-order valence-electron chi connectivity index (χ1n) is 9.58. The Balaban J connectivity index is 1.89. The zero-order valence-electron chi connectivity index (χ0n) is 17.4. The van der Waals surface area contributed by atoms with Gasteiger partial charge in [0, 0.05) is 0 Å². The SMILES string of the molecule is CCOC(=O)[C@](CC(=O)O)(OCC1O[C@@H](n2cnc3c(N)nc(F)nc32)[C@H](O)[C@@H]1O)P(=O)(O)O. The third-order valence-corrected chi connectivity index (χ3v) is 6.39. The van der Waals surface area contributed by atoms with Gasteiger partial charge in [-0.1, -0.05) is 0 Å². The Hall–Kier alpha value is -2.79. The highest BCUT2D eigenvalue weighted by atomic mass is 31.2.